The summed E-state index contributed by atoms with van der Waals surface area (Å²) < 4.78 is 7.25. The third kappa shape index (κ3) is 7.35. The molecule has 38 heavy (non-hydrogen) atoms. The highest BCUT2D eigenvalue weighted by Crippen LogP contribution is 2.28. The molecule has 3 heterocycles. The van der Waals surface area contributed by atoms with E-state index in [0.717, 1.165) is 42.5 Å². The Balaban J connectivity index is 0.00000195. The lowest BCUT2D eigenvalue weighted by molar-refractivity contribution is -0.122. The van der Waals surface area contributed by atoms with Crippen LogP contribution in [0.1, 0.15) is 33.1 Å². The predicted octanol–water partition coefficient (Wildman–Crippen LogP) is 3.89. The Bertz CT molecular complexity index is 1290. The number of benzene rings is 1. The van der Waals surface area contributed by atoms with Crippen LogP contribution in [0.15, 0.2) is 35.3 Å². The van der Waals surface area contributed by atoms with E-state index in [1.54, 1.807) is 16.8 Å². The Labute approximate surface area is 229 Å². The number of aromatic nitrogens is 3. The normalized spacial score (nSPS) is 13.2. The minimum absolute atomic E-state index is 0.120. The van der Waals surface area contributed by atoms with E-state index in [1.807, 2.05) is 51.0 Å². The van der Waals surface area contributed by atoms with Crippen LogP contribution in [0, 0.1) is 0 Å². The molecule has 1 aliphatic rings. The molecule has 0 saturated carbocycles. The summed E-state index contributed by atoms with van der Waals surface area (Å²) in [6.45, 7) is 6.77. The largest absolute Gasteiger partial charge is 0.478 e. The van der Waals surface area contributed by atoms with E-state index in [2.05, 4.69) is 25.5 Å². The highest BCUT2D eigenvalue weighted by Gasteiger charge is 2.17. The van der Waals surface area contributed by atoms with Gasteiger partial charge in [-0.2, -0.15) is 4.98 Å². The SMILES string of the molecule is CC.CNC(=O)COc1cc2cc(Nc3nc(N4CCCCC4)ncc3Cl)ccc2n(CCN(C)C)c1=O. The monoisotopic (exact) mass is 543 g/mol. The van der Waals surface area contributed by atoms with E-state index in [-0.39, 0.29) is 23.8 Å². The highest BCUT2D eigenvalue weighted by atomic mass is 35.5. The summed E-state index contributed by atoms with van der Waals surface area (Å²) in [4.78, 5) is 38.1. The van der Waals surface area contributed by atoms with Gasteiger partial charge in [0.05, 0.1) is 11.7 Å². The number of halogens is 1. The minimum Gasteiger partial charge on any atom is -0.478 e. The molecule has 1 fully saturated rings. The molecule has 4 rings (SSSR count). The number of fused-ring (bicyclic) bond motifs is 1. The number of likely N-dealkylation sites (N-methyl/N-ethyl adjacent to an activating group) is 2. The number of ether oxygens (including phenoxy) is 1. The van der Waals surface area contributed by atoms with Crippen LogP contribution in [0.4, 0.5) is 17.5 Å². The maximum absolute atomic E-state index is 13.1. The first kappa shape index (κ1) is 29.2. The van der Waals surface area contributed by atoms with Crippen molar-refractivity contribution in [3.05, 3.63) is 45.8 Å². The predicted molar refractivity (Wildman–Crippen MR) is 154 cm³/mol. The van der Waals surface area contributed by atoms with Gasteiger partial charge in [0.15, 0.2) is 18.2 Å². The van der Waals surface area contributed by atoms with Gasteiger partial charge in [-0.15, -0.1) is 0 Å². The number of nitrogens with zero attached hydrogens (tertiary/aromatic N) is 5. The lowest BCUT2D eigenvalue weighted by Crippen LogP contribution is -2.31. The summed E-state index contributed by atoms with van der Waals surface area (Å²) in [7, 11) is 5.42. The first-order chi connectivity index (χ1) is 18.4. The number of anilines is 3. The van der Waals surface area contributed by atoms with Crippen LogP contribution < -0.4 is 25.8 Å². The molecule has 0 unspecified atom stereocenters. The fraction of sp³-hybridized carbons (Fsp3) is 0.481. The highest BCUT2D eigenvalue weighted by molar-refractivity contribution is 6.32. The number of rotatable bonds is 9. The van der Waals surface area contributed by atoms with Crippen LogP contribution >= 0.6 is 11.6 Å². The molecule has 206 valence electrons. The van der Waals surface area contributed by atoms with Crippen molar-refractivity contribution in [1.29, 1.82) is 0 Å². The Hall–Kier alpha value is -3.37. The number of nitrogens with one attached hydrogen (secondary N) is 2. The Kier molecular flexibility index (Phi) is 10.7. The van der Waals surface area contributed by atoms with Gasteiger partial charge in [-0.05, 0) is 57.6 Å². The molecular weight excluding hydrogens is 506 g/mol. The topological polar surface area (TPSA) is 105 Å². The molecule has 2 N–H and O–H groups in total. The molecule has 0 radical (unpaired) electrons. The molecule has 1 amide bonds. The zero-order valence-electron chi connectivity index (χ0n) is 22.9. The average molecular weight is 544 g/mol. The Morgan fingerprint density at radius 3 is 2.58 bits per heavy atom. The number of pyridine rings is 1. The second-order valence-electron chi connectivity index (χ2n) is 9.04. The fourth-order valence-electron chi connectivity index (χ4n) is 4.11. The van der Waals surface area contributed by atoms with E-state index in [4.69, 9.17) is 16.3 Å². The molecule has 10 nitrogen and oxygen atoms in total. The average Bonchev–Trinajstić information content (AvgIpc) is 2.94. The third-order valence-electron chi connectivity index (χ3n) is 6.10. The van der Waals surface area contributed by atoms with Crippen LogP contribution in [-0.4, -0.2) is 72.7 Å². The summed E-state index contributed by atoms with van der Waals surface area (Å²) >= 11 is 6.42. The molecule has 0 atom stereocenters. The number of hydrogen-bond acceptors (Lipinski definition) is 8. The first-order valence-electron chi connectivity index (χ1n) is 13.1. The molecule has 3 aromatic rings. The summed E-state index contributed by atoms with van der Waals surface area (Å²) in [6.07, 6.45) is 5.09. The van der Waals surface area contributed by atoms with Crippen molar-refractivity contribution in [2.24, 2.45) is 0 Å². The Morgan fingerprint density at radius 1 is 1.16 bits per heavy atom. The molecule has 1 aliphatic heterocycles. The van der Waals surface area contributed by atoms with E-state index < -0.39 is 0 Å². The lowest BCUT2D eigenvalue weighted by Gasteiger charge is -2.26. The summed E-state index contributed by atoms with van der Waals surface area (Å²) in [5.41, 5.74) is 1.24. The van der Waals surface area contributed by atoms with Crippen LogP contribution in [0.3, 0.4) is 0 Å². The number of piperidine rings is 1. The van der Waals surface area contributed by atoms with Crippen molar-refractivity contribution in [2.45, 2.75) is 39.7 Å². The first-order valence-corrected chi connectivity index (χ1v) is 13.4. The number of hydrogen-bond donors (Lipinski definition) is 2. The smallest absolute Gasteiger partial charge is 0.293 e. The van der Waals surface area contributed by atoms with Gasteiger partial charge in [0.25, 0.3) is 11.5 Å². The summed E-state index contributed by atoms with van der Waals surface area (Å²) in [5, 5.41) is 7.00. The number of carbonyl (C=O) groups excluding carboxylic acids is 1. The van der Waals surface area contributed by atoms with Crippen LogP contribution in [0.25, 0.3) is 10.9 Å². The van der Waals surface area contributed by atoms with Gasteiger partial charge in [-0.25, -0.2) is 4.98 Å². The van der Waals surface area contributed by atoms with Crippen LogP contribution in [0.5, 0.6) is 5.75 Å². The molecular formula is C27H38ClN7O3. The van der Waals surface area contributed by atoms with Crippen LogP contribution in [-0.2, 0) is 11.3 Å². The Morgan fingerprint density at radius 2 is 1.89 bits per heavy atom. The number of carbonyl (C=O) groups is 1. The third-order valence-corrected chi connectivity index (χ3v) is 6.38. The second-order valence-corrected chi connectivity index (χ2v) is 9.45. The maximum atomic E-state index is 13.1. The van der Waals surface area contributed by atoms with E-state index in [0.29, 0.717) is 29.9 Å². The number of amides is 1. The van der Waals surface area contributed by atoms with Gasteiger partial charge in [-0.1, -0.05) is 25.4 Å². The standard InChI is InChI=1S/C25H32ClN7O3.C2H6/c1-27-22(34)16-36-21-14-17-13-18(7-8-20(17)33(24(21)35)12-11-31(2)3)29-23-19(26)15-28-25(30-23)32-9-5-4-6-10-32;1-2/h7-8,13-15H,4-6,9-12,16H2,1-3H3,(H,27,34)(H,28,29,30);1-2H3. The van der Waals surface area contributed by atoms with Gasteiger partial charge in [0.2, 0.25) is 5.95 Å². The summed E-state index contributed by atoms with van der Waals surface area (Å²) in [5.74, 6) is 0.982. The maximum Gasteiger partial charge on any atom is 0.293 e. The lowest BCUT2D eigenvalue weighted by atomic mass is 10.1. The van der Waals surface area contributed by atoms with Gasteiger partial charge >= 0.3 is 0 Å². The van der Waals surface area contributed by atoms with Crippen LogP contribution in [0.2, 0.25) is 5.02 Å². The van der Waals surface area contributed by atoms with E-state index in [9.17, 15) is 9.59 Å². The molecule has 0 aliphatic carbocycles. The fourth-order valence-corrected chi connectivity index (χ4v) is 4.25. The summed E-state index contributed by atoms with van der Waals surface area (Å²) in [6, 6.07) is 7.35. The van der Waals surface area contributed by atoms with Crippen molar-refractivity contribution in [1.82, 2.24) is 24.8 Å². The van der Waals surface area contributed by atoms with E-state index >= 15 is 0 Å². The minimum atomic E-state index is -0.312. The van der Waals surface area contributed by atoms with Crippen molar-refractivity contribution >= 4 is 45.9 Å². The second kappa shape index (κ2) is 14.0. The molecule has 1 aromatic carbocycles. The van der Waals surface area contributed by atoms with E-state index in [1.165, 1.54) is 13.5 Å². The van der Waals surface area contributed by atoms with Crippen molar-refractivity contribution in [3.8, 4) is 5.75 Å². The van der Waals surface area contributed by atoms with Gasteiger partial charge < -0.3 is 29.7 Å². The zero-order chi connectivity index (χ0) is 27.7. The molecule has 11 heteroatoms. The zero-order valence-corrected chi connectivity index (χ0v) is 23.6. The van der Waals surface area contributed by atoms with Gasteiger partial charge in [-0.3, -0.25) is 9.59 Å². The van der Waals surface area contributed by atoms with Crippen molar-refractivity contribution < 1.29 is 9.53 Å². The molecule has 0 bridgehead atoms. The molecule has 2 aromatic heterocycles. The van der Waals surface area contributed by atoms with Gasteiger partial charge in [0, 0.05) is 44.3 Å². The quantitative estimate of drug-likeness (QED) is 0.419. The molecule has 1 saturated heterocycles. The van der Waals surface area contributed by atoms with Crippen molar-refractivity contribution in [2.75, 3.05) is 57.6 Å². The van der Waals surface area contributed by atoms with Crippen molar-refractivity contribution in [3.63, 3.8) is 0 Å². The van der Waals surface area contributed by atoms with Gasteiger partial charge in [0.1, 0.15) is 5.02 Å². The molecule has 0 spiro atoms.